The van der Waals surface area contributed by atoms with Crippen molar-refractivity contribution in [3.8, 4) is 17.1 Å². The second-order valence-corrected chi connectivity index (χ2v) is 11.7. The molecule has 6 rings (SSSR count). The summed E-state index contributed by atoms with van der Waals surface area (Å²) in [6, 6.07) is 23.7. The highest BCUT2D eigenvalue weighted by Gasteiger charge is 2.46. The van der Waals surface area contributed by atoms with Gasteiger partial charge in [0.05, 0.1) is 30.2 Å². The van der Waals surface area contributed by atoms with Crippen molar-refractivity contribution in [3.05, 3.63) is 108 Å². The van der Waals surface area contributed by atoms with Crippen molar-refractivity contribution in [1.29, 1.82) is 0 Å². The Morgan fingerprint density at radius 2 is 1.59 bits per heavy atom. The number of benzene rings is 2. The molecule has 0 radical (unpaired) electrons. The summed E-state index contributed by atoms with van der Waals surface area (Å²) in [5.41, 5.74) is 4.74. The molecule has 238 valence electrons. The highest BCUT2D eigenvalue weighted by molar-refractivity contribution is 5.66. The van der Waals surface area contributed by atoms with Gasteiger partial charge in [0.1, 0.15) is 18.1 Å². The van der Waals surface area contributed by atoms with E-state index in [1.165, 1.54) is 13.8 Å². The van der Waals surface area contributed by atoms with Gasteiger partial charge in [-0.2, -0.15) is 0 Å². The number of hydrogen-bond acceptors (Lipinski definition) is 9. The summed E-state index contributed by atoms with van der Waals surface area (Å²) in [5.74, 6) is -0.0158. The maximum Gasteiger partial charge on any atom is 0.303 e. The summed E-state index contributed by atoms with van der Waals surface area (Å²) in [5, 5.41) is 0. The molecule has 5 atom stereocenters. The van der Waals surface area contributed by atoms with Gasteiger partial charge in [0.2, 0.25) is 12.2 Å². The van der Waals surface area contributed by atoms with Crippen LogP contribution < -0.4 is 4.74 Å². The number of esters is 2. The van der Waals surface area contributed by atoms with E-state index in [1.54, 1.807) is 6.26 Å². The number of imidazole rings is 1. The lowest BCUT2D eigenvalue weighted by Crippen LogP contribution is -2.54. The van der Waals surface area contributed by atoms with Gasteiger partial charge in [0, 0.05) is 37.9 Å². The second-order valence-electron chi connectivity index (χ2n) is 11.7. The lowest BCUT2D eigenvalue weighted by atomic mass is 9.83. The molecule has 1 fully saturated rings. The number of fused-ring (bicyclic) bond motifs is 1. The van der Waals surface area contributed by atoms with Crippen LogP contribution in [0.4, 0.5) is 0 Å². The molecule has 2 aromatic carbocycles. The molecular weight excluding hydrogens is 586 g/mol. The van der Waals surface area contributed by atoms with Gasteiger partial charge in [-0.25, -0.2) is 9.97 Å². The quantitative estimate of drug-likeness (QED) is 0.172. The van der Waals surface area contributed by atoms with Gasteiger partial charge in [-0.1, -0.05) is 74.5 Å². The fraction of sp³-hybridized carbons (Fsp3) is 0.333. The normalized spacial score (nSPS) is 21.2. The molecule has 10 heteroatoms. The van der Waals surface area contributed by atoms with E-state index in [2.05, 4.69) is 12.1 Å². The molecule has 1 aliphatic rings. The van der Waals surface area contributed by atoms with Gasteiger partial charge < -0.3 is 23.4 Å². The number of carbonyl (C=O) groups is 2. The zero-order chi connectivity index (χ0) is 32.2. The third-order valence-corrected chi connectivity index (χ3v) is 8.40. The van der Waals surface area contributed by atoms with Gasteiger partial charge in [-0.3, -0.25) is 14.0 Å². The summed E-state index contributed by atoms with van der Waals surface area (Å²) in [6.07, 6.45) is 2.15. The summed E-state index contributed by atoms with van der Waals surface area (Å²) in [7, 11) is 0. The minimum Gasteiger partial charge on any atom is -0.469 e. The van der Waals surface area contributed by atoms with Crippen LogP contribution in [-0.4, -0.2) is 51.4 Å². The molecule has 0 N–H and O–H groups in total. The van der Waals surface area contributed by atoms with E-state index >= 15 is 0 Å². The number of ether oxygens (including phenoxy) is 4. The maximum atomic E-state index is 12.3. The second kappa shape index (κ2) is 13.6. The highest BCUT2D eigenvalue weighted by Crippen LogP contribution is 2.36. The Bertz CT molecular complexity index is 1780. The van der Waals surface area contributed by atoms with E-state index in [1.807, 2.05) is 85.1 Å². The van der Waals surface area contributed by atoms with Crippen molar-refractivity contribution in [2.45, 2.75) is 59.0 Å². The van der Waals surface area contributed by atoms with Crippen LogP contribution in [0.25, 0.3) is 16.9 Å². The number of furan rings is 1. The largest absolute Gasteiger partial charge is 0.469 e. The van der Waals surface area contributed by atoms with E-state index in [0.717, 1.165) is 22.5 Å². The molecule has 1 saturated heterocycles. The van der Waals surface area contributed by atoms with Crippen LogP contribution in [0.5, 0.6) is 5.88 Å². The molecule has 46 heavy (non-hydrogen) atoms. The zero-order valence-electron chi connectivity index (χ0n) is 26.3. The molecule has 5 unspecified atom stereocenters. The number of carbonyl (C=O) groups excluding carboxylic acids is 2. The maximum absolute atomic E-state index is 12.3. The Hall–Kier alpha value is -4.96. The predicted octanol–water partition coefficient (Wildman–Crippen LogP) is 6.04. The summed E-state index contributed by atoms with van der Waals surface area (Å²) in [4.78, 5) is 34.1. The molecule has 0 aliphatic carbocycles. The van der Waals surface area contributed by atoms with Crippen LogP contribution >= 0.6 is 0 Å². The Balaban J connectivity index is 1.49. The lowest BCUT2D eigenvalue weighted by molar-refractivity contribution is -0.254. The van der Waals surface area contributed by atoms with Gasteiger partial charge in [-0.15, -0.1) is 0 Å². The Morgan fingerprint density at radius 3 is 2.26 bits per heavy atom. The van der Waals surface area contributed by atoms with Crippen LogP contribution in [0.3, 0.4) is 0 Å². The van der Waals surface area contributed by atoms with E-state index in [4.69, 9.17) is 33.3 Å². The van der Waals surface area contributed by atoms with Gasteiger partial charge in [0.25, 0.3) is 0 Å². The van der Waals surface area contributed by atoms with E-state index < -0.39 is 30.4 Å². The molecule has 10 nitrogen and oxygen atoms in total. The van der Waals surface area contributed by atoms with Gasteiger partial charge in [0.15, 0.2) is 11.8 Å². The lowest BCUT2D eigenvalue weighted by Gasteiger charge is -2.43. The smallest absolute Gasteiger partial charge is 0.303 e. The number of hydrogen-bond donors (Lipinski definition) is 0. The third-order valence-electron chi connectivity index (χ3n) is 8.40. The molecule has 1 aliphatic heterocycles. The number of aromatic nitrogens is 3. The molecule has 4 heterocycles. The Labute approximate surface area is 267 Å². The monoisotopic (exact) mass is 623 g/mol. The summed E-state index contributed by atoms with van der Waals surface area (Å²) >= 11 is 0. The van der Waals surface area contributed by atoms with Crippen LogP contribution in [0.1, 0.15) is 50.4 Å². The summed E-state index contributed by atoms with van der Waals surface area (Å²) in [6.45, 7) is 6.73. The first-order valence-electron chi connectivity index (χ1n) is 15.4. The molecule has 5 aromatic rings. The minimum absolute atomic E-state index is 0.0448. The molecular formula is C36H37N3O7. The first-order valence-corrected chi connectivity index (χ1v) is 15.4. The van der Waals surface area contributed by atoms with Crippen molar-refractivity contribution in [2.24, 2.45) is 11.8 Å². The Morgan fingerprint density at radius 1 is 0.848 bits per heavy atom. The van der Waals surface area contributed by atoms with Crippen LogP contribution in [-0.2, 0) is 36.6 Å². The molecule has 0 amide bonds. The van der Waals surface area contributed by atoms with E-state index in [-0.39, 0.29) is 18.4 Å². The van der Waals surface area contributed by atoms with Crippen LogP contribution in [0.2, 0.25) is 0 Å². The van der Waals surface area contributed by atoms with Gasteiger partial charge in [-0.05, 0) is 23.6 Å². The van der Waals surface area contributed by atoms with Crippen molar-refractivity contribution in [2.75, 3.05) is 6.61 Å². The third kappa shape index (κ3) is 6.82. The average molecular weight is 624 g/mol. The molecule has 3 aromatic heterocycles. The van der Waals surface area contributed by atoms with Gasteiger partial charge >= 0.3 is 11.9 Å². The van der Waals surface area contributed by atoms with Crippen molar-refractivity contribution in [3.63, 3.8) is 0 Å². The zero-order valence-corrected chi connectivity index (χ0v) is 26.3. The standard InChI is InChI=1S/C36H37N3O7/c1-22-23(2)33(44-25(4)41)36(45-32(22)21-43-24(3)40)46-35-30(19-28-16-11-17-42-28)38-34-29(18-26-12-7-5-8-13-26)37-31(20-39(34)35)27-14-9-6-10-15-27/h5-17,20,22-23,32-33,36H,18-19,21H2,1-4H3. The van der Waals surface area contributed by atoms with Crippen molar-refractivity contribution in [1.82, 2.24) is 14.4 Å². The van der Waals surface area contributed by atoms with E-state index in [0.29, 0.717) is 35.8 Å². The predicted molar refractivity (Wildman–Crippen MR) is 169 cm³/mol. The first kappa shape index (κ1) is 31.0. The van der Waals surface area contributed by atoms with Crippen LogP contribution in [0, 0.1) is 11.8 Å². The Kier molecular flexibility index (Phi) is 9.16. The van der Waals surface area contributed by atoms with Crippen molar-refractivity contribution < 1.29 is 33.0 Å². The van der Waals surface area contributed by atoms with E-state index in [9.17, 15) is 9.59 Å². The average Bonchev–Trinajstić information content (AvgIpc) is 3.69. The molecule has 0 bridgehead atoms. The molecule has 0 spiro atoms. The molecule has 0 saturated carbocycles. The van der Waals surface area contributed by atoms with Crippen molar-refractivity contribution >= 4 is 17.6 Å². The number of nitrogens with zero attached hydrogens (tertiary/aromatic N) is 3. The summed E-state index contributed by atoms with van der Waals surface area (Å²) < 4.78 is 31.9. The fourth-order valence-corrected chi connectivity index (χ4v) is 5.82. The number of rotatable bonds is 10. The highest BCUT2D eigenvalue weighted by atomic mass is 16.7. The topological polar surface area (TPSA) is 114 Å². The van der Waals surface area contributed by atoms with Crippen LogP contribution in [0.15, 0.2) is 89.7 Å². The SMILES string of the molecule is CC(=O)OCC1OC(Oc2c(Cc3ccco3)nc3c(Cc4ccccc4)nc(-c4ccccc4)cn23)C(OC(C)=O)C(C)C1C. The first-order chi connectivity index (χ1) is 22.3. The fourth-order valence-electron chi connectivity index (χ4n) is 5.82. The minimum atomic E-state index is -1.02.